The number of nitrogens with one attached hydrogen (secondary N) is 3. The zero-order chi connectivity index (χ0) is 27.1. The van der Waals surface area contributed by atoms with Gasteiger partial charge in [0.2, 0.25) is 0 Å². The van der Waals surface area contributed by atoms with Crippen LogP contribution in [-0.4, -0.2) is 41.6 Å². The standard InChI is InChI=1S/C29H34ClN3O5/c1-18-27(28(35)36)25(33-29(37)32-18)15-14-24(20-6-5-7-21(30)16-20)31-17-26(34)19-10-12-23(13-11-19)38-22-8-3-2-4-9-22/h5-7,10-13,16,22,24-25,31H,2-4,8-9,14-15,17H2,1H3,(H,35,36)(H2,32,33,37). The molecule has 1 aliphatic carbocycles. The Kier molecular flexibility index (Phi) is 9.42. The number of rotatable bonds is 11. The number of carboxylic acid groups (broad SMARTS) is 1. The molecule has 2 aromatic carbocycles. The highest BCUT2D eigenvalue weighted by atomic mass is 35.5. The summed E-state index contributed by atoms with van der Waals surface area (Å²) in [6.07, 6.45) is 6.86. The molecule has 202 valence electrons. The van der Waals surface area contributed by atoms with E-state index in [-0.39, 0.29) is 30.0 Å². The molecule has 1 heterocycles. The SMILES string of the molecule is CC1=C(C(=O)O)C(CCC(NCC(=O)c2ccc(OC3CCCCC3)cc2)c2cccc(Cl)c2)NC(=O)N1. The van der Waals surface area contributed by atoms with E-state index in [0.29, 0.717) is 29.1 Å². The molecule has 2 aromatic rings. The molecule has 4 rings (SSSR count). The van der Waals surface area contributed by atoms with E-state index in [1.165, 1.54) is 19.3 Å². The zero-order valence-corrected chi connectivity index (χ0v) is 22.2. The van der Waals surface area contributed by atoms with Crippen molar-refractivity contribution in [2.75, 3.05) is 6.54 Å². The van der Waals surface area contributed by atoms with Crippen LogP contribution in [0.25, 0.3) is 0 Å². The Hall–Kier alpha value is -3.36. The Morgan fingerprint density at radius 2 is 1.87 bits per heavy atom. The molecule has 38 heavy (non-hydrogen) atoms. The summed E-state index contributed by atoms with van der Waals surface area (Å²) in [4.78, 5) is 36.8. The Balaban J connectivity index is 1.41. The molecule has 0 radical (unpaired) electrons. The van der Waals surface area contributed by atoms with Crippen molar-refractivity contribution in [3.05, 3.63) is 76.0 Å². The first-order valence-corrected chi connectivity index (χ1v) is 13.5. The van der Waals surface area contributed by atoms with Crippen LogP contribution in [-0.2, 0) is 4.79 Å². The predicted molar refractivity (Wildman–Crippen MR) is 145 cm³/mol. The number of ether oxygens (including phenoxy) is 1. The Labute approximate surface area is 227 Å². The molecule has 0 aromatic heterocycles. The first-order valence-electron chi connectivity index (χ1n) is 13.1. The van der Waals surface area contributed by atoms with Crippen molar-refractivity contribution in [3.8, 4) is 5.75 Å². The number of carboxylic acids is 1. The average Bonchev–Trinajstić information content (AvgIpc) is 2.89. The topological polar surface area (TPSA) is 117 Å². The molecule has 9 heteroatoms. The van der Waals surface area contributed by atoms with Crippen molar-refractivity contribution in [3.63, 3.8) is 0 Å². The maximum atomic E-state index is 13.0. The first kappa shape index (κ1) is 27.7. The lowest BCUT2D eigenvalue weighted by molar-refractivity contribution is -0.133. The molecule has 0 bridgehead atoms. The van der Waals surface area contributed by atoms with E-state index >= 15 is 0 Å². The molecule has 8 nitrogen and oxygen atoms in total. The third kappa shape index (κ3) is 7.36. The zero-order valence-electron chi connectivity index (χ0n) is 21.5. The maximum Gasteiger partial charge on any atom is 0.335 e. The molecule has 2 unspecified atom stereocenters. The quantitative estimate of drug-likeness (QED) is 0.285. The Bertz CT molecular complexity index is 1190. The second kappa shape index (κ2) is 12.9. The minimum Gasteiger partial charge on any atom is -0.490 e. The first-order chi connectivity index (χ1) is 18.3. The summed E-state index contributed by atoms with van der Waals surface area (Å²) in [6, 6.07) is 13.2. The highest BCUT2D eigenvalue weighted by Gasteiger charge is 2.30. The molecule has 1 fully saturated rings. The molecular formula is C29H34ClN3O5. The lowest BCUT2D eigenvalue weighted by Gasteiger charge is -2.28. The van der Waals surface area contributed by atoms with Gasteiger partial charge in [0.25, 0.3) is 0 Å². The van der Waals surface area contributed by atoms with E-state index in [9.17, 15) is 19.5 Å². The van der Waals surface area contributed by atoms with E-state index in [1.807, 2.05) is 30.3 Å². The van der Waals surface area contributed by atoms with Gasteiger partial charge in [0.05, 0.1) is 24.3 Å². The lowest BCUT2D eigenvalue weighted by Crippen LogP contribution is -2.49. The van der Waals surface area contributed by atoms with Crippen LogP contribution in [0.4, 0.5) is 4.79 Å². The molecular weight excluding hydrogens is 506 g/mol. The van der Waals surface area contributed by atoms with Crippen molar-refractivity contribution in [2.45, 2.75) is 70.1 Å². The summed E-state index contributed by atoms with van der Waals surface area (Å²) in [6.45, 7) is 1.66. The number of hydrogen-bond donors (Lipinski definition) is 4. The van der Waals surface area contributed by atoms with E-state index in [2.05, 4.69) is 16.0 Å². The maximum absolute atomic E-state index is 13.0. The predicted octanol–water partition coefficient (Wildman–Crippen LogP) is 5.39. The van der Waals surface area contributed by atoms with Gasteiger partial charge in [-0.3, -0.25) is 4.79 Å². The molecule has 2 aliphatic rings. The fraction of sp³-hybridized carbons (Fsp3) is 0.414. The molecule has 0 spiro atoms. The highest BCUT2D eigenvalue weighted by molar-refractivity contribution is 6.30. The van der Waals surface area contributed by atoms with Gasteiger partial charge in [-0.05, 0) is 87.4 Å². The molecule has 2 amide bonds. The van der Waals surface area contributed by atoms with Gasteiger partial charge >= 0.3 is 12.0 Å². The summed E-state index contributed by atoms with van der Waals surface area (Å²) >= 11 is 6.23. The van der Waals surface area contributed by atoms with Crippen LogP contribution in [0.1, 0.15) is 73.8 Å². The van der Waals surface area contributed by atoms with Crippen LogP contribution in [0.5, 0.6) is 5.75 Å². The molecule has 2 atom stereocenters. The number of amides is 2. The fourth-order valence-electron chi connectivity index (χ4n) is 5.15. The number of carbonyl (C=O) groups excluding carboxylic acids is 2. The largest absolute Gasteiger partial charge is 0.490 e. The van der Waals surface area contributed by atoms with Crippen molar-refractivity contribution in [2.24, 2.45) is 0 Å². The average molecular weight is 540 g/mol. The van der Waals surface area contributed by atoms with Gasteiger partial charge in [0, 0.05) is 22.3 Å². The Morgan fingerprint density at radius 1 is 1.13 bits per heavy atom. The third-order valence-electron chi connectivity index (χ3n) is 7.12. The molecule has 1 aliphatic heterocycles. The molecule has 1 saturated carbocycles. The van der Waals surface area contributed by atoms with Crippen LogP contribution < -0.4 is 20.7 Å². The lowest BCUT2D eigenvalue weighted by atomic mass is 9.93. The van der Waals surface area contributed by atoms with E-state index in [1.54, 1.807) is 25.1 Å². The summed E-state index contributed by atoms with van der Waals surface area (Å²) in [5.74, 6) is -0.378. The van der Waals surface area contributed by atoms with Crippen LogP contribution in [0.2, 0.25) is 5.02 Å². The van der Waals surface area contributed by atoms with Crippen LogP contribution in [0, 0.1) is 0 Å². The summed E-state index contributed by atoms with van der Waals surface area (Å²) in [5.41, 5.74) is 1.90. The van der Waals surface area contributed by atoms with E-state index < -0.39 is 18.0 Å². The number of allylic oxidation sites excluding steroid dienone is 1. The number of aliphatic carboxylic acids is 1. The van der Waals surface area contributed by atoms with Gasteiger partial charge in [-0.1, -0.05) is 30.2 Å². The number of hydrogen-bond acceptors (Lipinski definition) is 5. The third-order valence-corrected chi connectivity index (χ3v) is 7.36. The van der Waals surface area contributed by atoms with Crippen LogP contribution in [0.15, 0.2) is 59.8 Å². The number of urea groups is 1. The normalized spacial score (nSPS) is 18.9. The number of Topliss-reactive ketones (excluding diaryl/α,β-unsaturated/α-hetero) is 1. The minimum atomic E-state index is -1.08. The van der Waals surface area contributed by atoms with Gasteiger partial charge in [-0.25, -0.2) is 9.59 Å². The van der Waals surface area contributed by atoms with E-state index in [0.717, 1.165) is 24.2 Å². The number of benzene rings is 2. The van der Waals surface area contributed by atoms with Gasteiger partial charge < -0.3 is 25.8 Å². The number of ketones is 1. The number of halogens is 1. The monoisotopic (exact) mass is 539 g/mol. The smallest absolute Gasteiger partial charge is 0.335 e. The summed E-state index contributed by atoms with van der Waals surface area (Å²) in [7, 11) is 0. The van der Waals surface area contributed by atoms with E-state index in [4.69, 9.17) is 16.3 Å². The van der Waals surface area contributed by atoms with Gasteiger partial charge in [-0.15, -0.1) is 0 Å². The second-order valence-corrected chi connectivity index (χ2v) is 10.3. The second-order valence-electron chi connectivity index (χ2n) is 9.89. The van der Waals surface area contributed by atoms with Gasteiger partial charge in [0.15, 0.2) is 5.78 Å². The van der Waals surface area contributed by atoms with Gasteiger partial charge in [-0.2, -0.15) is 0 Å². The highest BCUT2D eigenvalue weighted by Crippen LogP contribution is 2.26. The molecule has 0 saturated heterocycles. The summed E-state index contributed by atoms with van der Waals surface area (Å²) < 4.78 is 6.07. The van der Waals surface area contributed by atoms with Crippen molar-refractivity contribution < 1.29 is 24.2 Å². The van der Waals surface area contributed by atoms with Crippen molar-refractivity contribution in [1.82, 2.24) is 16.0 Å². The number of carbonyl (C=O) groups is 3. The molecule has 4 N–H and O–H groups in total. The summed E-state index contributed by atoms with van der Waals surface area (Å²) in [5, 5.41) is 18.8. The van der Waals surface area contributed by atoms with Crippen LogP contribution in [0.3, 0.4) is 0 Å². The fourth-order valence-corrected chi connectivity index (χ4v) is 5.35. The van der Waals surface area contributed by atoms with Gasteiger partial charge in [0.1, 0.15) is 5.75 Å². The van der Waals surface area contributed by atoms with Crippen molar-refractivity contribution >= 4 is 29.4 Å². The van der Waals surface area contributed by atoms with Crippen molar-refractivity contribution in [1.29, 1.82) is 0 Å². The minimum absolute atomic E-state index is 0.0709. The van der Waals surface area contributed by atoms with Crippen LogP contribution >= 0.6 is 11.6 Å². The Morgan fingerprint density at radius 3 is 2.55 bits per heavy atom.